The highest BCUT2D eigenvalue weighted by atomic mass is 16.5. The van der Waals surface area contributed by atoms with Crippen LogP contribution in [-0.4, -0.2) is 111 Å². The predicted octanol–water partition coefficient (Wildman–Crippen LogP) is 7.08. The summed E-state index contributed by atoms with van der Waals surface area (Å²) < 4.78 is 31.3. The molecule has 6 aliphatic rings. The number of carbonyl (C=O) groups excluding carboxylic acids is 2. The topological polar surface area (TPSA) is 183 Å². The molecule has 8 aromatic rings. The lowest BCUT2D eigenvalue weighted by Crippen LogP contribution is -2.56. The lowest BCUT2D eigenvalue weighted by atomic mass is 9.91. The number of carbonyl (C=O) groups is 2. The smallest absolute Gasteiger partial charge is 0.316 e. The average Bonchev–Trinajstić information content (AvgIpc) is 4.43. The van der Waals surface area contributed by atoms with Gasteiger partial charge in [-0.3, -0.25) is 19.2 Å². The summed E-state index contributed by atoms with van der Waals surface area (Å²) in [5, 5.41) is 2.18. The number of amides is 2. The first-order chi connectivity index (χ1) is 38.3. The summed E-state index contributed by atoms with van der Waals surface area (Å²) in [7, 11) is 0. The number of hydrogen-bond acceptors (Lipinski definition) is 12. The largest absolute Gasteiger partial charge is 0.481 e. The Morgan fingerprint density at radius 2 is 0.910 bits per heavy atom. The molecule has 2 aliphatic carbocycles. The molecule has 0 atom stereocenters. The minimum atomic E-state index is -0.490. The number of ether oxygens (including phenoxy) is 4. The monoisotopic (exact) mass is 1050 g/mol. The molecular formula is C60H62N10O8. The Kier molecular flexibility index (Phi) is 13.2. The standard InChI is InChI=1S/2C30H31N5O4/c2*36-28-26(39-18-21-7-2-1-3-8-21)25-29(37)33(23-19-38-20-23)15-16-34(25)24(32-28)17-30(11-4-5-12-30)35-14-10-22-9-6-13-31-27(22)35/h2*1-3,6-10,13-14,23H,4-5,11-12,15-20H2. The van der Waals surface area contributed by atoms with E-state index in [1.807, 2.05) is 104 Å². The Labute approximate surface area is 450 Å². The Balaban J connectivity index is 0.000000148. The van der Waals surface area contributed by atoms with Crippen molar-refractivity contribution in [3.8, 4) is 11.5 Å². The van der Waals surface area contributed by atoms with E-state index in [1.54, 1.807) is 0 Å². The van der Waals surface area contributed by atoms with Gasteiger partial charge in [0.15, 0.2) is 11.4 Å². The first kappa shape index (κ1) is 49.6. The number of fused-ring (bicyclic) bond motifs is 4. The third-order valence-electron chi connectivity index (χ3n) is 17.0. The highest BCUT2D eigenvalue weighted by Gasteiger charge is 2.44. The fourth-order valence-corrected chi connectivity index (χ4v) is 12.8. The van der Waals surface area contributed by atoms with E-state index in [2.05, 4.69) is 65.7 Å². The van der Waals surface area contributed by atoms with E-state index >= 15 is 0 Å². The van der Waals surface area contributed by atoms with Crippen molar-refractivity contribution in [1.29, 1.82) is 0 Å². The van der Waals surface area contributed by atoms with E-state index in [0.717, 1.165) is 84.6 Å². The molecule has 0 radical (unpaired) electrons. The fraction of sp³-hybridized carbons (Fsp3) is 0.400. The molecule has 4 fully saturated rings. The SMILES string of the molecule is O=C1c2c(OCc3ccccc3)c(=O)nc(CC3(n4ccc5cccnc54)CCCC3)n2CCN1C1COC1.O=C1c2c(OCc3ccccc3)c(=O)nc(CC3(n4ccc5cccnc54)CCCC3)n2CCN1C1COC1. The summed E-state index contributed by atoms with van der Waals surface area (Å²) in [4.78, 5) is 77.1. The van der Waals surface area contributed by atoms with Crippen LogP contribution >= 0.6 is 0 Å². The Morgan fingerprint density at radius 3 is 1.29 bits per heavy atom. The zero-order valence-corrected chi connectivity index (χ0v) is 43.6. The van der Waals surface area contributed by atoms with Gasteiger partial charge < -0.3 is 47.0 Å². The number of aromatic nitrogens is 8. The van der Waals surface area contributed by atoms with Crippen molar-refractivity contribution in [1.82, 2.24) is 48.0 Å². The molecule has 2 amide bonds. The van der Waals surface area contributed by atoms with Crippen LogP contribution in [0.1, 0.15) is 95.1 Å². The summed E-state index contributed by atoms with van der Waals surface area (Å²) in [5.41, 5.74) is 2.84. The maximum absolute atomic E-state index is 13.9. The van der Waals surface area contributed by atoms with E-state index in [0.29, 0.717) is 88.5 Å². The van der Waals surface area contributed by atoms with E-state index in [4.69, 9.17) is 18.9 Å². The maximum atomic E-state index is 13.9. The molecule has 18 nitrogen and oxygen atoms in total. The van der Waals surface area contributed by atoms with E-state index in [1.165, 1.54) is 0 Å². The van der Waals surface area contributed by atoms with Crippen molar-refractivity contribution in [3.05, 3.63) is 177 Å². The van der Waals surface area contributed by atoms with Crippen LogP contribution in [0.15, 0.2) is 131 Å². The van der Waals surface area contributed by atoms with Crippen molar-refractivity contribution < 1.29 is 28.5 Å². The lowest BCUT2D eigenvalue weighted by Gasteiger charge is -2.41. The second-order valence-corrected chi connectivity index (χ2v) is 21.7. The molecule has 4 aliphatic heterocycles. The summed E-state index contributed by atoms with van der Waals surface area (Å²) in [5.74, 6) is 0.968. The van der Waals surface area contributed by atoms with Gasteiger partial charge in [0.25, 0.3) is 11.8 Å². The molecule has 400 valence electrons. The maximum Gasteiger partial charge on any atom is 0.316 e. The van der Waals surface area contributed by atoms with Crippen molar-refractivity contribution in [2.75, 3.05) is 39.5 Å². The van der Waals surface area contributed by atoms with Gasteiger partial charge in [-0.1, -0.05) is 86.3 Å². The summed E-state index contributed by atoms with van der Waals surface area (Å²) in [6.45, 7) is 4.67. The molecule has 14 rings (SSSR count). The van der Waals surface area contributed by atoms with E-state index in [-0.39, 0.29) is 59.7 Å². The van der Waals surface area contributed by atoms with Gasteiger partial charge in [-0.2, -0.15) is 9.97 Å². The summed E-state index contributed by atoms with van der Waals surface area (Å²) in [6.07, 6.45) is 17.2. The highest BCUT2D eigenvalue weighted by molar-refractivity contribution is 5.97. The molecule has 0 N–H and O–H groups in total. The molecule has 2 aromatic carbocycles. The van der Waals surface area contributed by atoms with Crippen LogP contribution in [0.5, 0.6) is 11.5 Å². The summed E-state index contributed by atoms with van der Waals surface area (Å²) in [6, 6.07) is 31.6. The van der Waals surface area contributed by atoms with Crippen LogP contribution in [0.25, 0.3) is 22.1 Å². The molecule has 0 unspecified atom stereocenters. The summed E-state index contributed by atoms with van der Waals surface area (Å²) >= 11 is 0. The molecule has 10 heterocycles. The van der Waals surface area contributed by atoms with Gasteiger partial charge in [0.2, 0.25) is 11.5 Å². The van der Waals surface area contributed by atoms with Crippen molar-refractivity contribution in [2.24, 2.45) is 0 Å². The highest BCUT2D eigenvalue weighted by Crippen LogP contribution is 2.43. The number of pyridine rings is 2. The van der Waals surface area contributed by atoms with Gasteiger partial charge in [0, 0.05) is 74.6 Å². The minimum Gasteiger partial charge on any atom is -0.481 e. The van der Waals surface area contributed by atoms with Crippen LogP contribution in [0.2, 0.25) is 0 Å². The van der Waals surface area contributed by atoms with E-state index < -0.39 is 11.1 Å². The van der Waals surface area contributed by atoms with Gasteiger partial charge in [0.05, 0.1) is 49.6 Å². The average molecular weight is 1050 g/mol. The molecule has 0 spiro atoms. The van der Waals surface area contributed by atoms with Gasteiger partial charge in [-0.25, -0.2) is 9.97 Å². The number of nitrogens with zero attached hydrogens (tertiary/aromatic N) is 10. The molecule has 0 bridgehead atoms. The zero-order chi connectivity index (χ0) is 52.8. The van der Waals surface area contributed by atoms with Gasteiger partial charge in [-0.05, 0) is 73.2 Å². The van der Waals surface area contributed by atoms with Gasteiger partial charge in [-0.15, -0.1) is 0 Å². The second-order valence-electron chi connectivity index (χ2n) is 21.7. The van der Waals surface area contributed by atoms with Crippen LogP contribution < -0.4 is 20.6 Å². The van der Waals surface area contributed by atoms with Crippen LogP contribution in [0.4, 0.5) is 0 Å². The molecule has 2 saturated heterocycles. The molecule has 78 heavy (non-hydrogen) atoms. The first-order valence-corrected chi connectivity index (χ1v) is 27.5. The Morgan fingerprint density at radius 1 is 0.500 bits per heavy atom. The minimum absolute atomic E-state index is 0.0263. The van der Waals surface area contributed by atoms with Crippen molar-refractivity contribution in [3.63, 3.8) is 0 Å². The fourth-order valence-electron chi connectivity index (χ4n) is 12.8. The predicted molar refractivity (Wildman–Crippen MR) is 290 cm³/mol. The Bertz CT molecular complexity index is 3410. The first-order valence-electron chi connectivity index (χ1n) is 27.5. The zero-order valence-electron chi connectivity index (χ0n) is 43.6. The van der Waals surface area contributed by atoms with E-state index in [9.17, 15) is 19.2 Å². The number of benzene rings is 2. The third-order valence-corrected chi connectivity index (χ3v) is 17.0. The quantitative estimate of drug-likeness (QED) is 0.108. The van der Waals surface area contributed by atoms with Crippen LogP contribution in [0.3, 0.4) is 0 Å². The molecular weight excluding hydrogens is 989 g/mol. The third kappa shape index (κ3) is 9.03. The van der Waals surface area contributed by atoms with Gasteiger partial charge in [0.1, 0.15) is 36.2 Å². The van der Waals surface area contributed by atoms with Crippen molar-refractivity contribution >= 4 is 33.9 Å². The molecule has 6 aromatic heterocycles. The Hall–Kier alpha value is -7.96. The molecule has 18 heteroatoms. The molecule has 2 saturated carbocycles. The second kappa shape index (κ2) is 20.8. The van der Waals surface area contributed by atoms with Gasteiger partial charge >= 0.3 is 11.1 Å². The van der Waals surface area contributed by atoms with Crippen molar-refractivity contribution in [2.45, 2.75) is 114 Å². The lowest BCUT2D eigenvalue weighted by molar-refractivity contribution is -0.0576. The number of hydrogen-bond donors (Lipinski definition) is 0. The number of rotatable bonds is 14. The van der Waals surface area contributed by atoms with Crippen LogP contribution in [0, 0.1) is 0 Å². The normalized spacial score (nSPS) is 18.8. The van der Waals surface area contributed by atoms with Crippen LogP contribution in [-0.2, 0) is 59.7 Å².